The SMILES string of the molecule is CC(F)CC(=N)N. The van der Waals surface area contributed by atoms with Crippen LogP contribution in [0, 0.1) is 5.41 Å². The number of amidine groups is 1. The second kappa shape index (κ2) is 2.55. The average Bonchev–Trinajstić information content (AvgIpc) is 1.27. The Kier molecular flexibility index (Phi) is 2.33. The molecule has 0 saturated heterocycles. The molecule has 3 N–H and O–H groups in total. The lowest BCUT2D eigenvalue weighted by Crippen LogP contribution is -2.13. The minimum Gasteiger partial charge on any atom is -0.388 e. The van der Waals surface area contributed by atoms with E-state index in [2.05, 4.69) is 0 Å². The average molecular weight is 104 g/mol. The molecule has 1 unspecified atom stereocenters. The molecule has 0 aromatic carbocycles. The van der Waals surface area contributed by atoms with Gasteiger partial charge in [-0.2, -0.15) is 0 Å². The number of nitrogens with two attached hydrogens (primary N) is 1. The third-order valence-corrected chi connectivity index (χ3v) is 0.501. The van der Waals surface area contributed by atoms with Gasteiger partial charge in [-0.25, -0.2) is 4.39 Å². The Bertz CT molecular complexity index is 70.1. The summed E-state index contributed by atoms with van der Waals surface area (Å²) in [5.74, 6) is -0.0880. The van der Waals surface area contributed by atoms with Crippen molar-refractivity contribution >= 4 is 5.84 Å². The first-order chi connectivity index (χ1) is 3.13. The Morgan fingerprint density at radius 2 is 2.43 bits per heavy atom. The Balaban J connectivity index is 3.13. The van der Waals surface area contributed by atoms with Gasteiger partial charge in [0.15, 0.2) is 0 Å². The molecule has 3 heteroatoms. The first-order valence-corrected chi connectivity index (χ1v) is 2.10. The van der Waals surface area contributed by atoms with Crippen molar-refractivity contribution in [1.82, 2.24) is 0 Å². The third kappa shape index (κ3) is 5.40. The smallest absolute Gasteiger partial charge is 0.104 e. The van der Waals surface area contributed by atoms with Gasteiger partial charge in [-0.1, -0.05) is 0 Å². The largest absolute Gasteiger partial charge is 0.388 e. The summed E-state index contributed by atoms with van der Waals surface area (Å²) in [6, 6.07) is 0. The van der Waals surface area contributed by atoms with Crippen molar-refractivity contribution in [2.75, 3.05) is 0 Å². The number of rotatable bonds is 2. The number of hydrogen-bond donors (Lipinski definition) is 2. The van der Waals surface area contributed by atoms with Crippen LogP contribution in [0.3, 0.4) is 0 Å². The fraction of sp³-hybridized carbons (Fsp3) is 0.750. The van der Waals surface area contributed by atoms with Crippen molar-refractivity contribution in [2.24, 2.45) is 5.73 Å². The monoisotopic (exact) mass is 104 g/mol. The zero-order valence-electron chi connectivity index (χ0n) is 4.24. The molecular weight excluding hydrogens is 95.1 g/mol. The van der Waals surface area contributed by atoms with Crippen molar-refractivity contribution in [1.29, 1.82) is 5.41 Å². The molecule has 0 amide bonds. The van der Waals surface area contributed by atoms with Crippen LogP contribution in [0.15, 0.2) is 0 Å². The molecule has 0 heterocycles. The summed E-state index contributed by atoms with van der Waals surface area (Å²) >= 11 is 0. The second-order valence-corrected chi connectivity index (χ2v) is 1.51. The van der Waals surface area contributed by atoms with E-state index in [0.717, 1.165) is 0 Å². The predicted octanol–water partition coefficient (Wildman–Crippen LogP) is 0.670. The standard InChI is InChI=1S/C4H9FN2/c1-3(5)2-4(6)7/h3H,2H2,1H3,(H3,6,7). The van der Waals surface area contributed by atoms with Gasteiger partial charge in [-0.15, -0.1) is 0 Å². The molecule has 7 heavy (non-hydrogen) atoms. The molecule has 0 rings (SSSR count). The second-order valence-electron chi connectivity index (χ2n) is 1.51. The summed E-state index contributed by atoms with van der Waals surface area (Å²) in [7, 11) is 0. The molecule has 0 radical (unpaired) electrons. The quantitative estimate of drug-likeness (QED) is 0.392. The molecule has 0 aliphatic rings. The molecule has 42 valence electrons. The van der Waals surface area contributed by atoms with Gasteiger partial charge in [0, 0.05) is 6.42 Å². The number of halogens is 1. The van der Waals surface area contributed by atoms with Crippen LogP contribution in [0.5, 0.6) is 0 Å². The van der Waals surface area contributed by atoms with Crippen LogP contribution >= 0.6 is 0 Å². The van der Waals surface area contributed by atoms with E-state index in [1.807, 2.05) is 0 Å². The van der Waals surface area contributed by atoms with E-state index in [4.69, 9.17) is 11.1 Å². The minimum absolute atomic E-state index is 0.0556. The fourth-order valence-electron chi connectivity index (χ4n) is 0.303. The first-order valence-electron chi connectivity index (χ1n) is 2.10. The van der Waals surface area contributed by atoms with Gasteiger partial charge in [-0.05, 0) is 6.92 Å². The first kappa shape index (κ1) is 6.40. The maximum atomic E-state index is 11.7. The Morgan fingerprint density at radius 3 is 2.43 bits per heavy atom. The molecular formula is C4H9FN2. The van der Waals surface area contributed by atoms with Gasteiger partial charge in [0.2, 0.25) is 0 Å². The molecule has 0 aliphatic heterocycles. The molecule has 0 aromatic heterocycles. The summed E-state index contributed by atoms with van der Waals surface area (Å²) < 4.78 is 11.7. The summed E-state index contributed by atoms with van der Waals surface area (Å²) in [6.45, 7) is 1.38. The van der Waals surface area contributed by atoms with Gasteiger partial charge in [0.1, 0.15) is 6.17 Å². The molecule has 0 spiro atoms. The molecule has 0 saturated carbocycles. The summed E-state index contributed by atoms with van der Waals surface area (Å²) in [5.41, 5.74) is 4.84. The van der Waals surface area contributed by atoms with Crippen LogP contribution in [-0.4, -0.2) is 12.0 Å². The van der Waals surface area contributed by atoms with E-state index in [-0.39, 0.29) is 12.3 Å². The van der Waals surface area contributed by atoms with Crippen LogP contribution < -0.4 is 5.73 Å². The summed E-state index contributed by atoms with van der Waals surface area (Å²) in [6.07, 6.45) is -0.919. The lowest BCUT2D eigenvalue weighted by Gasteiger charge is -1.94. The fourth-order valence-corrected chi connectivity index (χ4v) is 0.303. The lowest BCUT2D eigenvalue weighted by molar-refractivity contribution is 0.371. The van der Waals surface area contributed by atoms with Gasteiger partial charge in [0.05, 0.1) is 5.84 Å². The molecule has 2 nitrogen and oxygen atoms in total. The lowest BCUT2D eigenvalue weighted by atomic mass is 10.3. The summed E-state index contributed by atoms with van der Waals surface area (Å²) in [5, 5.41) is 6.56. The van der Waals surface area contributed by atoms with E-state index in [0.29, 0.717) is 0 Å². The van der Waals surface area contributed by atoms with Crippen LogP contribution in [0.1, 0.15) is 13.3 Å². The van der Waals surface area contributed by atoms with Crippen LogP contribution in [-0.2, 0) is 0 Å². The van der Waals surface area contributed by atoms with Crippen LogP contribution in [0.2, 0.25) is 0 Å². The highest BCUT2D eigenvalue weighted by Gasteiger charge is 1.96. The minimum atomic E-state index is -0.975. The zero-order chi connectivity index (χ0) is 5.86. The van der Waals surface area contributed by atoms with Crippen molar-refractivity contribution in [3.05, 3.63) is 0 Å². The number of hydrogen-bond acceptors (Lipinski definition) is 1. The topological polar surface area (TPSA) is 49.9 Å². The van der Waals surface area contributed by atoms with E-state index in [1.54, 1.807) is 0 Å². The van der Waals surface area contributed by atoms with E-state index >= 15 is 0 Å². The van der Waals surface area contributed by atoms with E-state index < -0.39 is 6.17 Å². The zero-order valence-corrected chi connectivity index (χ0v) is 4.24. The van der Waals surface area contributed by atoms with Gasteiger partial charge < -0.3 is 5.73 Å². The predicted molar refractivity (Wildman–Crippen MR) is 27.1 cm³/mol. The van der Waals surface area contributed by atoms with Crippen molar-refractivity contribution in [3.8, 4) is 0 Å². The van der Waals surface area contributed by atoms with Gasteiger partial charge in [0.25, 0.3) is 0 Å². The number of nitrogens with one attached hydrogen (secondary N) is 1. The normalized spacial score (nSPS) is 13.4. The Labute approximate surface area is 42.0 Å². The van der Waals surface area contributed by atoms with Crippen molar-refractivity contribution < 1.29 is 4.39 Å². The molecule has 0 aliphatic carbocycles. The van der Waals surface area contributed by atoms with Gasteiger partial charge in [-0.3, -0.25) is 5.41 Å². The highest BCUT2D eigenvalue weighted by atomic mass is 19.1. The van der Waals surface area contributed by atoms with Crippen molar-refractivity contribution in [3.63, 3.8) is 0 Å². The van der Waals surface area contributed by atoms with Crippen LogP contribution in [0.25, 0.3) is 0 Å². The maximum absolute atomic E-state index is 11.7. The van der Waals surface area contributed by atoms with Crippen LogP contribution in [0.4, 0.5) is 4.39 Å². The van der Waals surface area contributed by atoms with E-state index in [1.165, 1.54) is 6.92 Å². The highest BCUT2D eigenvalue weighted by Crippen LogP contribution is 1.92. The Hall–Kier alpha value is -0.600. The third-order valence-electron chi connectivity index (χ3n) is 0.501. The maximum Gasteiger partial charge on any atom is 0.104 e. The van der Waals surface area contributed by atoms with E-state index in [9.17, 15) is 4.39 Å². The Morgan fingerprint density at radius 1 is 2.00 bits per heavy atom. The van der Waals surface area contributed by atoms with Crippen molar-refractivity contribution in [2.45, 2.75) is 19.5 Å². The molecule has 1 atom stereocenters. The molecule has 0 aromatic rings. The summed E-state index contributed by atoms with van der Waals surface area (Å²) in [4.78, 5) is 0. The molecule has 0 fully saturated rings. The van der Waals surface area contributed by atoms with Gasteiger partial charge >= 0.3 is 0 Å². The molecule has 0 bridgehead atoms. The number of alkyl halides is 1. The highest BCUT2D eigenvalue weighted by molar-refractivity contribution is 5.77.